The first-order valence-electron chi connectivity index (χ1n) is 8.41. The highest BCUT2D eigenvalue weighted by molar-refractivity contribution is 6.33. The second-order valence-electron chi connectivity index (χ2n) is 6.84. The van der Waals surface area contributed by atoms with E-state index < -0.39 is 5.60 Å². The zero-order chi connectivity index (χ0) is 18.6. The van der Waals surface area contributed by atoms with Gasteiger partial charge in [-0.15, -0.1) is 0 Å². The lowest BCUT2D eigenvalue weighted by Gasteiger charge is -2.37. The fraction of sp³-hybridized carbons (Fsp3) is 0.556. The first kappa shape index (κ1) is 19.4. The summed E-state index contributed by atoms with van der Waals surface area (Å²) in [5, 5.41) is 0.497. The average Bonchev–Trinajstić information content (AvgIpc) is 2.53. The van der Waals surface area contributed by atoms with Gasteiger partial charge in [-0.2, -0.15) is 0 Å². The number of rotatable bonds is 3. The van der Waals surface area contributed by atoms with Crippen LogP contribution in [0.4, 0.5) is 10.5 Å². The Bertz CT molecular complexity index is 634. The minimum atomic E-state index is -0.500. The fourth-order valence-corrected chi connectivity index (χ4v) is 2.86. The molecule has 1 heterocycles. The molecule has 138 valence electrons. The number of benzene rings is 1. The SMILES string of the molecule is CCOC(=O)c1ccc(N2CCN(C(=O)OC(C)(C)C)CC2)c(Cl)c1. The summed E-state index contributed by atoms with van der Waals surface area (Å²) in [7, 11) is 0. The van der Waals surface area contributed by atoms with Crippen molar-refractivity contribution in [2.45, 2.75) is 33.3 Å². The number of halogens is 1. The highest BCUT2D eigenvalue weighted by Crippen LogP contribution is 2.28. The normalized spacial score (nSPS) is 15.1. The molecule has 0 spiro atoms. The molecule has 1 fully saturated rings. The molecule has 1 aromatic carbocycles. The topological polar surface area (TPSA) is 59.1 Å². The van der Waals surface area contributed by atoms with Gasteiger partial charge < -0.3 is 19.3 Å². The Labute approximate surface area is 153 Å². The molecule has 0 saturated carbocycles. The Kier molecular flexibility index (Phi) is 6.16. The lowest BCUT2D eigenvalue weighted by molar-refractivity contribution is 0.0240. The van der Waals surface area contributed by atoms with Gasteiger partial charge in [-0.05, 0) is 45.9 Å². The average molecular weight is 369 g/mol. The maximum Gasteiger partial charge on any atom is 0.410 e. The third-order valence-corrected chi connectivity index (χ3v) is 4.03. The van der Waals surface area contributed by atoms with Crippen molar-refractivity contribution >= 4 is 29.4 Å². The van der Waals surface area contributed by atoms with E-state index in [1.807, 2.05) is 26.8 Å². The summed E-state index contributed by atoms with van der Waals surface area (Å²) in [6.07, 6.45) is -0.295. The summed E-state index contributed by atoms with van der Waals surface area (Å²) >= 11 is 6.34. The van der Waals surface area contributed by atoms with Gasteiger partial charge in [0.2, 0.25) is 0 Å². The first-order chi connectivity index (χ1) is 11.7. The van der Waals surface area contributed by atoms with Crippen molar-refractivity contribution in [3.05, 3.63) is 28.8 Å². The number of piperazine rings is 1. The Balaban J connectivity index is 1.99. The molecule has 0 N–H and O–H groups in total. The molecule has 0 bridgehead atoms. The molecule has 0 atom stereocenters. The second kappa shape index (κ2) is 7.95. The number of ether oxygens (including phenoxy) is 2. The number of amides is 1. The highest BCUT2D eigenvalue weighted by atomic mass is 35.5. The van der Waals surface area contributed by atoms with Crippen LogP contribution in [0.3, 0.4) is 0 Å². The minimum Gasteiger partial charge on any atom is -0.462 e. The third-order valence-electron chi connectivity index (χ3n) is 3.73. The van der Waals surface area contributed by atoms with Crippen molar-refractivity contribution in [2.75, 3.05) is 37.7 Å². The second-order valence-corrected chi connectivity index (χ2v) is 7.25. The summed E-state index contributed by atoms with van der Waals surface area (Å²) < 4.78 is 10.4. The summed E-state index contributed by atoms with van der Waals surface area (Å²) in [5.41, 5.74) is 0.780. The van der Waals surface area contributed by atoms with Gasteiger partial charge in [-0.3, -0.25) is 0 Å². The van der Waals surface area contributed by atoms with Gasteiger partial charge >= 0.3 is 12.1 Å². The van der Waals surface area contributed by atoms with Gasteiger partial charge in [0.1, 0.15) is 5.60 Å². The van der Waals surface area contributed by atoms with E-state index in [0.717, 1.165) is 5.69 Å². The number of anilines is 1. The van der Waals surface area contributed by atoms with Crippen molar-refractivity contribution < 1.29 is 19.1 Å². The molecule has 0 aromatic heterocycles. The van der Waals surface area contributed by atoms with E-state index in [-0.39, 0.29) is 12.1 Å². The maximum atomic E-state index is 12.1. The Morgan fingerprint density at radius 3 is 2.32 bits per heavy atom. The van der Waals surface area contributed by atoms with Crippen LogP contribution in [-0.4, -0.2) is 55.3 Å². The van der Waals surface area contributed by atoms with E-state index in [1.54, 1.807) is 24.0 Å². The van der Waals surface area contributed by atoms with Gasteiger partial charge in [0.15, 0.2) is 0 Å². The molecule has 0 radical (unpaired) electrons. The fourth-order valence-electron chi connectivity index (χ4n) is 2.56. The number of hydrogen-bond acceptors (Lipinski definition) is 5. The van der Waals surface area contributed by atoms with Crippen LogP contribution in [0.15, 0.2) is 18.2 Å². The predicted molar refractivity (Wildman–Crippen MR) is 97.4 cm³/mol. The summed E-state index contributed by atoms with van der Waals surface area (Å²) in [6.45, 7) is 10.1. The highest BCUT2D eigenvalue weighted by Gasteiger charge is 2.26. The molecule has 1 saturated heterocycles. The van der Waals surface area contributed by atoms with Crippen LogP contribution >= 0.6 is 11.6 Å². The number of hydrogen-bond donors (Lipinski definition) is 0. The molecular weight excluding hydrogens is 344 g/mol. The lowest BCUT2D eigenvalue weighted by atomic mass is 10.1. The zero-order valence-corrected chi connectivity index (χ0v) is 15.9. The zero-order valence-electron chi connectivity index (χ0n) is 15.2. The van der Waals surface area contributed by atoms with Crippen LogP contribution in [0.1, 0.15) is 38.1 Å². The van der Waals surface area contributed by atoms with Crippen molar-refractivity contribution in [2.24, 2.45) is 0 Å². The summed E-state index contributed by atoms with van der Waals surface area (Å²) in [5.74, 6) is -0.384. The van der Waals surface area contributed by atoms with Crippen molar-refractivity contribution in [1.82, 2.24) is 4.90 Å². The van der Waals surface area contributed by atoms with Gasteiger partial charge in [-0.1, -0.05) is 11.6 Å². The number of nitrogens with zero attached hydrogens (tertiary/aromatic N) is 2. The van der Waals surface area contributed by atoms with Crippen LogP contribution in [0.5, 0.6) is 0 Å². The monoisotopic (exact) mass is 368 g/mol. The molecule has 0 unspecified atom stereocenters. The number of carbonyl (C=O) groups is 2. The minimum absolute atomic E-state index is 0.295. The van der Waals surface area contributed by atoms with Crippen LogP contribution < -0.4 is 4.90 Å². The largest absolute Gasteiger partial charge is 0.462 e. The van der Waals surface area contributed by atoms with Crippen molar-refractivity contribution in [3.8, 4) is 0 Å². The molecule has 1 amide bonds. The molecule has 2 rings (SSSR count). The summed E-state index contributed by atoms with van der Waals surface area (Å²) in [6, 6.07) is 5.15. The van der Waals surface area contributed by atoms with Gasteiger partial charge in [0, 0.05) is 26.2 Å². The Hall–Kier alpha value is -1.95. The molecule has 0 aliphatic carbocycles. The Morgan fingerprint density at radius 2 is 1.80 bits per heavy atom. The van der Waals surface area contributed by atoms with Crippen LogP contribution in [-0.2, 0) is 9.47 Å². The first-order valence-corrected chi connectivity index (χ1v) is 8.78. The molecule has 1 aromatic rings. The van der Waals surface area contributed by atoms with Gasteiger partial charge in [0.05, 0.1) is 22.9 Å². The quantitative estimate of drug-likeness (QED) is 0.763. The van der Waals surface area contributed by atoms with E-state index in [4.69, 9.17) is 21.1 Å². The molecule has 25 heavy (non-hydrogen) atoms. The standard InChI is InChI=1S/C18H25ClN2O4/c1-5-24-16(22)13-6-7-15(14(19)12-13)20-8-10-21(11-9-20)17(23)25-18(2,3)4/h6-7,12H,5,8-11H2,1-4H3. The molecular formula is C18H25ClN2O4. The lowest BCUT2D eigenvalue weighted by Crippen LogP contribution is -2.50. The third kappa shape index (κ3) is 5.26. The van der Waals surface area contributed by atoms with Crippen molar-refractivity contribution in [1.29, 1.82) is 0 Å². The van der Waals surface area contributed by atoms with Gasteiger partial charge in [-0.25, -0.2) is 9.59 Å². The van der Waals surface area contributed by atoms with E-state index in [0.29, 0.717) is 43.4 Å². The molecule has 6 nitrogen and oxygen atoms in total. The predicted octanol–water partition coefficient (Wildman–Crippen LogP) is 3.57. The molecule has 1 aliphatic rings. The summed E-state index contributed by atoms with van der Waals surface area (Å²) in [4.78, 5) is 27.7. The van der Waals surface area contributed by atoms with E-state index in [9.17, 15) is 9.59 Å². The Morgan fingerprint density at radius 1 is 1.16 bits per heavy atom. The van der Waals surface area contributed by atoms with E-state index >= 15 is 0 Å². The van der Waals surface area contributed by atoms with Crippen LogP contribution in [0.2, 0.25) is 5.02 Å². The van der Waals surface area contributed by atoms with Crippen LogP contribution in [0, 0.1) is 0 Å². The van der Waals surface area contributed by atoms with E-state index in [2.05, 4.69) is 4.90 Å². The van der Waals surface area contributed by atoms with Crippen molar-refractivity contribution in [3.63, 3.8) is 0 Å². The molecule has 7 heteroatoms. The maximum absolute atomic E-state index is 12.1. The van der Waals surface area contributed by atoms with Gasteiger partial charge in [0.25, 0.3) is 0 Å². The van der Waals surface area contributed by atoms with Crippen LogP contribution in [0.25, 0.3) is 0 Å². The number of esters is 1. The molecule has 1 aliphatic heterocycles. The smallest absolute Gasteiger partial charge is 0.410 e. The number of carbonyl (C=O) groups excluding carboxylic acids is 2. The van der Waals surface area contributed by atoms with E-state index in [1.165, 1.54) is 0 Å².